The van der Waals surface area contributed by atoms with Crippen molar-refractivity contribution in [2.45, 2.75) is 6.54 Å². The quantitative estimate of drug-likeness (QED) is 0.559. The minimum absolute atomic E-state index is 0.592. The Bertz CT molecular complexity index is 483. The summed E-state index contributed by atoms with van der Waals surface area (Å²) in [5.41, 5.74) is 0.978. The van der Waals surface area contributed by atoms with Crippen LogP contribution in [0.3, 0.4) is 0 Å². The molecular formula is C15H24Cl2N4O. The number of benzene rings is 1. The number of likely N-dealkylation sites (N-methyl/N-ethyl adjacent to an activating group) is 1. The van der Waals surface area contributed by atoms with Gasteiger partial charge in [0.1, 0.15) is 0 Å². The molecule has 0 amide bonds. The van der Waals surface area contributed by atoms with Gasteiger partial charge in [-0.05, 0) is 24.7 Å². The third kappa shape index (κ3) is 7.31. The van der Waals surface area contributed by atoms with Gasteiger partial charge in [0.15, 0.2) is 5.96 Å². The van der Waals surface area contributed by atoms with Crippen LogP contribution in [0.4, 0.5) is 0 Å². The van der Waals surface area contributed by atoms with Crippen molar-refractivity contribution in [3.63, 3.8) is 0 Å². The number of methoxy groups -OCH3 is 1. The zero-order valence-electron chi connectivity index (χ0n) is 13.3. The maximum absolute atomic E-state index is 6.15. The largest absolute Gasteiger partial charge is 0.383 e. The van der Waals surface area contributed by atoms with Crippen LogP contribution in [0.1, 0.15) is 5.56 Å². The van der Waals surface area contributed by atoms with Crippen molar-refractivity contribution in [3.05, 3.63) is 33.8 Å². The van der Waals surface area contributed by atoms with Crippen LogP contribution in [-0.2, 0) is 11.3 Å². The predicted octanol–water partition coefficient (Wildman–Crippen LogP) is 2.24. The molecule has 5 nitrogen and oxygen atoms in total. The van der Waals surface area contributed by atoms with E-state index in [2.05, 4.69) is 27.6 Å². The molecule has 0 aliphatic heterocycles. The van der Waals surface area contributed by atoms with E-state index in [0.29, 0.717) is 16.6 Å². The number of nitrogens with zero attached hydrogens (tertiary/aromatic N) is 2. The highest BCUT2D eigenvalue weighted by Crippen LogP contribution is 2.20. The lowest BCUT2D eigenvalue weighted by Crippen LogP contribution is -2.41. The van der Waals surface area contributed by atoms with Gasteiger partial charge < -0.3 is 20.3 Å². The molecule has 0 aliphatic rings. The molecule has 124 valence electrons. The summed E-state index contributed by atoms with van der Waals surface area (Å²) in [5.74, 6) is 0.742. The van der Waals surface area contributed by atoms with Gasteiger partial charge in [0.2, 0.25) is 0 Å². The Morgan fingerprint density at radius 3 is 2.68 bits per heavy atom. The average Bonchev–Trinajstić information content (AvgIpc) is 2.50. The van der Waals surface area contributed by atoms with Crippen LogP contribution in [0.2, 0.25) is 10.0 Å². The van der Waals surface area contributed by atoms with Crippen molar-refractivity contribution < 1.29 is 4.74 Å². The molecule has 0 aromatic heterocycles. The van der Waals surface area contributed by atoms with Crippen molar-refractivity contribution >= 4 is 29.2 Å². The normalized spacial score (nSPS) is 11.8. The monoisotopic (exact) mass is 346 g/mol. The van der Waals surface area contributed by atoms with Crippen molar-refractivity contribution in [2.24, 2.45) is 4.99 Å². The Morgan fingerprint density at radius 1 is 1.27 bits per heavy atom. The first-order chi connectivity index (χ1) is 10.6. The molecule has 1 aromatic carbocycles. The molecule has 0 aliphatic carbocycles. The molecule has 0 saturated carbocycles. The Kier molecular flexibility index (Phi) is 9.24. The molecule has 1 aromatic rings. The molecule has 2 N–H and O–H groups in total. The molecule has 0 spiro atoms. The topological polar surface area (TPSA) is 48.9 Å². The number of ether oxygens (including phenoxy) is 1. The molecule has 0 radical (unpaired) electrons. The van der Waals surface area contributed by atoms with E-state index < -0.39 is 0 Å². The summed E-state index contributed by atoms with van der Waals surface area (Å²) < 4.78 is 5.05. The van der Waals surface area contributed by atoms with E-state index >= 15 is 0 Å². The minimum Gasteiger partial charge on any atom is -0.383 e. The fourth-order valence-corrected chi connectivity index (χ4v) is 2.26. The zero-order chi connectivity index (χ0) is 16.4. The molecular weight excluding hydrogens is 323 g/mol. The number of nitrogens with one attached hydrogen (secondary N) is 2. The number of aliphatic imine (C=N–C) groups is 1. The number of rotatable bonds is 8. The van der Waals surface area contributed by atoms with Gasteiger partial charge in [-0.2, -0.15) is 0 Å². The maximum Gasteiger partial charge on any atom is 0.191 e. The molecule has 0 unspecified atom stereocenters. The third-order valence-electron chi connectivity index (χ3n) is 3.15. The first kappa shape index (κ1) is 19.0. The highest BCUT2D eigenvalue weighted by molar-refractivity contribution is 6.35. The molecule has 0 saturated heterocycles. The predicted molar refractivity (Wildman–Crippen MR) is 94.0 cm³/mol. The van der Waals surface area contributed by atoms with Gasteiger partial charge in [-0.25, -0.2) is 0 Å². The van der Waals surface area contributed by atoms with E-state index in [4.69, 9.17) is 27.9 Å². The van der Waals surface area contributed by atoms with Crippen LogP contribution >= 0.6 is 23.2 Å². The van der Waals surface area contributed by atoms with Crippen LogP contribution in [0.5, 0.6) is 0 Å². The molecule has 1 rings (SSSR count). The first-order valence-electron chi connectivity index (χ1n) is 7.12. The van der Waals surface area contributed by atoms with Gasteiger partial charge >= 0.3 is 0 Å². The van der Waals surface area contributed by atoms with Gasteiger partial charge in [-0.15, -0.1) is 0 Å². The summed E-state index contributed by atoms with van der Waals surface area (Å²) in [6, 6.07) is 5.47. The SMILES string of the molecule is CN=C(NCCN(C)CCOC)NCc1ccc(Cl)cc1Cl. The summed E-state index contributed by atoms with van der Waals surface area (Å²) >= 11 is 12.0. The summed E-state index contributed by atoms with van der Waals surface area (Å²) in [6.07, 6.45) is 0. The van der Waals surface area contributed by atoms with Gasteiger partial charge in [0.25, 0.3) is 0 Å². The Balaban J connectivity index is 2.33. The minimum atomic E-state index is 0.592. The van der Waals surface area contributed by atoms with E-state index in [0.717, 1.165) is 37.8 Å². The van der Waals surface area contributed by atoms with E-state index in [1.807, 2.05) is 12.1 Å². The molecule has 22 heavy (non-hydrogen) atoms. The van der Waals surface area contributed by atoms with Crippen molar-refractivity contribution in [1.82, 2.24) is 15.5 Å². The maximum atomic E-state index is 6.15. The highest BCUT2D eigenvalue weighted by atomic mass is 35.5. The Hall–Kier alpha value is -1.01. The molecule has 7 heteroatoms. The summed E-state index contributed by atoms with van der Waals surface area (Å²) in [5, 5.41) is 7.78. The summed E-state index contributed by atoms with van der Waals surface area (Å²) in [4.78, 5) is 6.39. The van der Waals surface area contributed by atoms with E-state index in [9.17, 15) is 0 Å². The van der Waals surface area contributed by atoms with Crippen molar-refractivity contribution in [3.8, 4) is 0 Å². The van der Waals surface area contributed by atoms with Crippen LogP contribution in [0.15, 0.2) is 23.2 Å². The molecule has 0 heterocycles. The van der Waals surface area contributed by atoms with Crippen LogP contribution in [-0.4, -0.2) is 58.3 Å². The van der Waals surface area contributed by atoms with E-state index in [1.165, 1.54) is 0 Å². The van der Waals surface area contributed by atoms with Crippen molar-refractivity contribution in [1.29, 1.82) is 0 Å². The molecule has 0 bridgehead atoms. The van der Waals surface area contributed by atoms with Crippen LogP contribution in [0, 0.1) is 0 Å². The second-order valence-electron chi connectivity index (χ2n) is 4.88. The smallest absolute Gasteiger partial charge is 0.191 e. The van der Waals surface area contributed by atoms with Gasteiger partial charge in [0, 0.05) is 50.4 Å². The fraction of sp³-hybridized carbons (Fsp3) is 0.533. The number of halogens is 2. The average molecular weight is 347 g/mol. The summed E-state index contributed by atoms with van der Waals surface area (Å²) in [6.45, 7) is 3.94. The fourth-order valence-electron chi connectivity index (χ4n) is 1.79. The lowest BCUT2D eigenvalue weighted by atomic mass is 10.2. The summed E-state index contributed by atoms with van der Waals surface area (Å²) in [7, 11) is 5.51. The van der Waals surface area contributed by atoms with Gasteiger partial charge in [-0.3, -0.25) is 4.99 Å². The molecule has 0 fully saturated rings. The van der Waals surface area contributed by atoms with E-state index in [1.54, 1.807) is 20.2 Å². The lowest BCUT2D eigenvalue weighted by molar-refractivity contribution is 0.162. The van der Waals surface area contributed by atoms with Gasteiger partial charge in [-0.1, -0.05) is 29.3 Å². The number of guanidine groups is 1. The van der Waals surface area contributed by atoms with Crippen LogP contribution < -0.4 is 10.6 Å². The lowest BCUT2D eigenvalue weighted by Gasteiger charge is -2.18. The second kappa shape index (κ2) is 10.7. The Labute approximate surface area is 142 Å². The number of hydrogen-bond donors (Lipinski definition) is 2. The third-order valence-corrected chi connectivity index (χ3v) is 3.74. The standard InChI is InChI=1S/C15H24Cl2N4O/c1-18-15(19-6-7-21(2)8-9-22-3)20-11-12-4-5-13(16)10-14(12)17/h4-5,10H,6-9,11H2,1-3H3,(H2,18,19,20). The molecule has 0 atom stereocenters. The second-order valence-corrected chi connectivity index (χ2v) is 5.73. The zero-order valence-corrected chi connectivity index (χ0v) is 14.8. The highest BCUT2D eigenvalue weighted by Gasteiger charge is 2.04. The Morgan fingerprint density at radius 2 is 2.05 bits per heavy atom. The van der Waals surface area contributed by atoms with Crippen molar-refractivity contribution in [2.75, 3.05) is 47.4 Å². The van der Waals surface area contributed by atoms with Gasteiger partial charge in [0.05, 0.1) is 6.61 Å². The first-order valence-corrected chi connectivity index (χ1v) is 7.88. The van der Waals surface area contributed by atoms with E-state index in [-0.39, 0.29) is 0 Å². The number of hydrogen-bond acceptors (Lipinski definition) is 3. The van der Waals surface area contributed by atoms with Crippen LogP contribution in [0.25, 0.3) is 0 Å².